The molecule has 7 nitrogen and oxygen atoms in total. The predicted octanol–water partition coefficient (Wildman–Crippen LogP) is 2.31. The smallest absolute Gasteiger partial charge is 0.282 e. The quantitative estimate of drug-likeness (QED) is 0.768. The fourth-order valence-electron chi connectivity index (χ4n) is 3.53. The van der Waals surface area contributed by atoms with Gasteiger partial charge in [-0.25, -0.2) is 13.8 Å². The van der Waals surface area contributed by atoms with Gasteiger partial charge in [-0.05, 0) is 25.5 Å². The minimum absolute atomic E-state index is 0.112. The third-order valence-corrected chi connectivity index (χ3v) is 4.96. The van der Waals surface area contributed by atoms with Crippen molar-refractivity contribution < 1.29 is 8.78 Å². The number of rotatable bonds is 6. The number of piperidine rings is 1. The second-order valence-electron chi connectivity index (χ2n) is 7.27. The summed E-state index contributed by atoms with van der Waals surface area (Å²) in [7, 11) is 7.54. The first-order valence-corrected chi connectivity index (χ1v) is 9.11. The van der Waals surface area contributed by atoms with E-state index in [0.29, 0.717) is 18.1 Å². The van der Waals surface area contributed by atoms with Crippen molar-refractivity contribution in [1.82, 2.24) is 24.6 Å². The first-order chi connectivity index (χ1) is 12.8. The molecule has 0 saturated carbocycles. The lowest BCUT2D eigenvalue weighted by atomic mass is 10.0. The molecule has 0 aromatic carbocycles. The second kappa shape index (κ2) is 8.16. The van der Waals surface area contributed by atoms with E-state index in [0.717, 1.165) is 31.7 Å². The van der Waals surface area contributed by atoms with E-state index in [1.807, 2.05) is 32.1 Å². The first kappa shape index (κ1) is 19.5. The Bertz CT molecular complexity index is 762. The maximum absolute atomic E-state index is 13.2. The van der Waals surface area contributed by atoms with Crippen molar-refractivity contribution in [3.8, 4) is 0 Å². The van der Waals surface area contributed by atoms with Crippen LogP contribution in [0.4, 0.5) is 20.5 Å². The van der Waals surface area contributed by atoms with E-state index in [-0.39, 0.29) is 11.7 Å². The molecule has 0 radical (unpaired) electrons. The Morgan fingerprint density at radius 1 is 1.30 bits per heavy atom. The van der Waals surface area contributed by atoms with E-state index in [2.05, 4.69) is 24.9 Å². The number of halogens is 2. The topological polar surface area (TPSA) is 53.3 Å². The highest BCUT2D eigenvalue weighted by Gasteiger charge is 2.26. The van der Waals surface area contributed by atoms with Crippen LogP contribution in [-0.2, 0) is 13.6 Å². The van der Waals surface area contributed by atoms with Gasteiger partial charge >= 0.3 is 0 Å². The lowest BCUT2D eigenvalue weighted by Crippen LogP contribution is -2.46. The molecule has 2 aromatic rings. The van der Waals surface area contributed by atoms with E-state index < -0.39 is 6.43 Å². The summed E-state index contributed by atoms with van der Waals surface area (Å²) >= 11 is 0. The molecule has 1 aliphatic rings. The lowest BCUT2D eigenvalue weighted by Gasteiger charge is -2.38. The summed E-state index contributed by atoms with van der Waals surface area (Å²) in [5, 5.41) is 3.91. The molecule has 1 saturated heterocycles. The molecule has 1 aliphatic heterocycles. The lowest BCUT2D eigenvalue weighted by molar-refractivity contribution is 0.140. The highest BCUT2D eigenvalue weighted by molar-refractivity contribution is 5.43. The first-order valence-electron chi connectivity index (χ1n) is 9.11. The Morgan fingerprint density at radius 3 is 2.78 bits per heavy atom. The summed E-state index contributed by atoms with van der Waals surface area (Å²) in [5.74, 6) is 1.54. The molecule has 0 N–H and O–H groups in total. The summed E-state index contributed by atoms with van der Waals surface area (Å²) in [6.07, 6.45) is 2.98. The van der Waals surface area contributed by atoms with Crippen molar-refractivity contribution in [3.63, 3.8) is 0 Å². The van der Waals surface area contributed by atoms with Gasteiger partial charge in [0.05, 0.1) is 0 Å². The van der Waals surface area contributed by atoms with Crippen molar-refractivity contribution in [1.29, 1.82) is 0 Å². The van der Waals surface area contributed by atoms with Crippen molar-refractivity contribution in [3.05, 3.63) is 29.7 Å². The van der Waals surface area contributed by atoms with E-state index in [4.69, 9.17) is 0 Å². The minimum atomic E-state index is -2.55. The zero-order valence-corrected chi connectivity index (χ0v) is 16.3. The van der Waals surface area contributed by atoms with Gasteiger partial charge in [-0.1, -0.05) is 0 Å². The monoisotopic (exact) mass is 379 g/mol. The van der Waals surface area contributed by atoms with Crippen LogP contribution in [0.2, 0.25) is 0 Å². The maximum atomic E-state index is 13.2. The van der Waals surface area contributed by atoms with Gasteiger partial charge in [-0.15, -0.1) is 0 Å². The van der Waals surface area contributed by atoms with E-state index in [1.54, 1.807) is 19.4 Å². The number of anilines is 2. The number of alkyl halides is 2. The van der Waals surface area contributed by atoms with Gasteiger partial charge in [-0.2, -0.15) is 10.1 Å². The van der Waals surface area contributed by atoms with Crippen LogP contribution in [0.3, 0.4) is 0 Å². The Morgan fingerprint density at radius 2 is 2.07 bits per heavy atom. The number of hydrogen-bond donors (Lipinski definition) is 0. The summed E-state index contributed by atoms with van der Waals surface area (Å²) in [4.78, 5) is 15.1. The van der Waals surface area contributed by atoms with Crippen LogP contribution in [0.25, 0.3) is 0 Å². The van der Waals surface area contributed by atoms with Crippen LogP contribution in [-0.4, -0.2) is 64.9 Å². The molecule has 2 aromatic heterocycles. The Balaban J connectivity index is 1.70. The summed E-state index contributed by atoms with van der Waals surface area (Å²) in [6.45, 7) is 2.19. The number of hydrogen-bond acceptors (Lipinski definition) is 6. The molecule has 148 valence electrons. The zero-order valence-electron chi connectivity index (χ0n) is 16.3. The van der Waals surface area contributed by atoms with E-state index in [1.165, 1.54) is 4.68 Å². The highest BCUT2D eigenvalue weighted by atomic mass is 19.3. The molecule has 27 heavy (non-hydrogen) atoms. The fourth-order valence-corrected chi connectivity index (χ4v) is 3.53. The van der Waals surface area contributed by atoms with Gasteiger partial charge in [0, 0.05) is 65.3 Å². The van der Waals surface area contributed by atoms with Gasteiger partial charge in [0.15, 0.2) is 0 Å². The Kier molecular flexibility index (Phi) is 5.88. The van der Waals surface area contributed by atoms with Gasteiger partial charge in [0.25, 0.3) is 6.43 Å². The average Bonchev–Trinajstić information content (AvgIpc) is 3.02. The SMILES string of the molecule is CN(C)c1nccc(N(C)C2CCCN(Cc3cn(C)nc3C(F)F)C2)n1. The normalized spacial score (nSPS) is 18.1. The van der Waals surface area contributed by atoms with Gasteiger partial charge in [0.2, 0.25) is 5.95 Å². The molecule has 0 bridgehead atoms. The number of aromatic nitrogens is 4. The van der Waals surface area contributed by atoms with Crippen LogP contribution in [0, 0.1) is 0 Å². The second-order valence-corrected chi connectivity index (χ2v) is 7.27. The van der Waals surface area contributed by atoms with Gasteiger partial charge in [0.1, 0.15) is 11.5 Å². The highest BCUT2D eigenvalue weighted by Crippen LogP contribution is 2.25. The van der Waals surface area contributed by atoms with Crippen molar-refractivity contribution in [2.45, 2.75) is 31.9 Å². The summed E-state index contributed by atoms with van der Waals surface area (Å²) < 4.78 is 27.9. The van der Waals surface area contributed by atoms with Crippen molar-refractivity contribution in [2.24, 2.45) is 7.05 Å². The summed E-state index contributed by atoms with van der Waals surface area (Å²) in [6, 6.07) is 2.18. The minimum Gasteiger partial charge on any atom is -0.355 e. The van der Waals surface area contributed by atoms with Crippen LogP contribution >= 0.6 is 0 Å². The van der Waals surface area contributed by atoms with Crippen LogP contribution in [0.5, 0.6) is 0 Å². The molecule has 1 unspecified atom stereocenters. The molecule has 0 aliphatic carbocycles. The molecule has 9 heteroatoms. The van der Waals surface area contributed by atoms with Crippen LogP contribution < -0.4 is 9.80 Å². The van der Waals surface area contributed by atoms with E-state index in [9.17, 15) is 8.78 Å². The third kappa shape index (κ3) is 4.52. The predicted molar refractivity (Wildman–Crippen MR) is 101 cm³/mol. The number of aryl methyl sites for hydroxylation is 1. The molecule has 3 heterocycles. The van der Waals surface area contributed by atoms with Crippen LogP contribution in [0.15, 0.2) is 18.5 Å². The number of likely N-dealkylation sites (N-methyl/N-ethyl adjacent to an activating group) is 1. The Labute approximate surface area is 158 Å². The zero-order chi connectivity index (χ0) is 19.6. The molecular weight excluding hydrogens is 352 g/mol. The molecule has 0 amide bonds. The maximum Gasteiger partial charge on any atom is 0.282 e. The van der Waals surface area contributed by atoms with E-state index >= 15 is 0 Å². The van der Waals surface area contributed by atoms with Gasteiger partial charge in [-0.3, -0.25) is 9.58 Å². The molecule has 0 spiro atoms. The Hall–Kier alpha value is -2.29. The molecule has 3 rings (SSSR count). The third-order valence-electron chi connectivity index (χ3n) is 4.96. The van der Waals surface area contributed by atoms with Crippen molar-refractivity contribution >= 4 is 11.8 Å². The average molecular weight is 379 g/mol. The van der Waals surface area contributed by atoms with Gasteiger partial charge < -0.3 is 9.80 Å². The van der Waals surface area contributed by atoms with Crippen LogP contribution in [0.1, 0.15) is 30.5 Å². The standard InChI is InChI=1S/C18H27F2N7/c1-24(2)18-21-8-7-15(22-18)26(4)14-6-5-9-27(12-14)11-13-10-25(3)23-16(13)17(19)20/h7-8,10,14,17H,5-6,9,11-12H2,1-4H3. The number of likely N-dealkylation sites (tertiary alicyclic amines) is 1. The fraction of sp³-hybridized carbons (Fsp3) is 0.611. The molecular formula is C18H27F2N7. The molecule has 1 fully saturated rings. The number of nitrogens with zero attached hydrogens (tertiary/aromatic N) is 7. The largest absolute Gasteiger partial charge is 0.355 e. The van der Waals surface area contributed by atoms with Crippen molar-refractivity contribution in [2.75, 3.05) is 44.0 Å². The summed E-state index contributed by atoms with van der Waals surface area (Å²) in [5.41, 5.74) is 0.493. The molecule has 1 atom stereocenters.